The number of esters is 1. The number of methoxy groups -OCH3 is 2. The summed E-state index contributed by atoms with van der Waals surface area (Å²) < 4.78 is 47.8. The Kier molecular flexibility index (Phi) is 5.78. The van der Waals surface area contributed by atoms with Gasteiger partial charge in [-0.25, -0.2) is 9.79 Å². The molecule has 0 aliphatic heterocycles. The Bertz CT molecular complexity index is 892. The Hall–Kier alpha value is -3.43. The van der Waals surface area contributed by atoms with Gasteiger partial charge in [-0.05, 0) is 18.2 Å². The van der Waals surface area contributed by atoms with Gasteiger partial charge in [0.25, 0.3) is 5.69 Å². The van der Waals surface area contributed by atoms with Gasteiger partial charge in [0.1, 0.15) is 5.69 Å². The van der Waals surface area contributed by atoms with Gasteiger partial charge in [-0.3, -0.25) is 10.1 Å². The van der Waals surface area contributed by atoms with E-state index >= 15 is 0 Å². The fourth-order valence-electron chi connectivity index (χ4n) is 2.13. The Morgan fingerprint density at radius 1 is 1.11 bits per heavy atom. The van der Waals surface area contributed by atoms with Crippen LogP contribution in [0.5, 0.6) is 5.75 Å². The average Bonchev–Trinajstić information content (AvgIpc) is 2.64. The van der Waals surface area contributed by atoms with Crippen LogP contribution in [0.1, 0.15) is 11.1 Å². The first-order valence-electron chi connectivity index (χ1n) is 7.34. The molecule has 2 aromatic carbocycles. The molecule has 0 radical (unpaired) electrons. The molecule has 0 unspecified atom stereocenters. The summed E-state index contributed by atoms with van der Waals surface area (Å²) in [5, 5.41) is 10.8. The summed E-state index contributed by atoms with van der Waals surface area (Å²) in [4.78, 5) is 26.3. The van der Waals surface area contributed by atoms with Gasteiger partial charge < -0.3 is 9.47 Å². The summed E-state index contributed by atoms with van der Waals surface area (Å²) in [6.07, 6.45) is -4.53. The fourth-order valence-corrected chi connectivity index (χ4v) is 2.13. The molecule has 0 amide bonds. The van der Waals surface area contributed by atoms with Crippen LogP contribution >= 0.6 is 0 Å². The highest BCUT2D eigenvalue weighted by Crippen LogP contribution is 2.33. The second-order valence-electron chi connectivity index (χ2n) is 5.14. The second-order valence-corrected chi connectivity index (χ2v) is 5.14. The number of ether oxygens (including phenoxy) is 2. The second kappa shape index (κ2) is 7.85. The van der Waals surface area contributed by atoms with E-state index in [0.717, 1.165) is 43.5 Å². The highest BCUT2D eigenvalue weighted by Gasteiger charge is 2.30. The number of carbonyl (C=O) groups is 1. The molecule has 10 heteroatoms. The van der Waals surface area contributed by atoms with Gasteiger partial charge in [-0.2, -0.15) is 13.2 Å². The summed E-state index contributed by atoms with van der Waals surface area (Å²) in [6.45, 7) is 0. The lowest BCUT2D eigenvalue weighted by molar-refractivity contribution is -0.384. The number of nitro benzene ring substituents is 1. The third-order valence-corrected chi connectivity index (χ3v) is 3.47. The first-order valence-corrected chi connectivity index (χ1v) is 7.34. The Morgan fingerprint density at radius 3 is 2.22 bits per heavy atom. The molecule has 0 atom stereocenters. The number of aliphatic imine (C=N–C) groups is 1. The molecule has 27 heavy (non-hydrogen) atoms. The number of rotatable bonds is 5. The molecule has 2 aromatic rings. The molecule has 0 saturated heterocycles. The maximum absolute atomic E-state index is 12.7. The molecule has 0 aromatic heterocycles. The number of hydrogen-bond acceptors (Lipinski definition) is 6. The predicted molar refractivity (Wildman–Crippen MR) is 89.3 cm³/mol. The normalized spacial score (nSPS) is 11.8. The van der Waals surface area contributed by atoms with Gasteiger partial charge in [0.05, 0.1) is 30.8 Å². The molecule has 0 aliphatic rings. The molecule has 0 aliphatic carbocycles. The topological polar surface area (TPSA) is 91.0 Å². The first-order chi connectivity index (χ1) is 12.7. The summed E-state index contributed by atoms with van der Waals surface area (Å²) >= 11 is 0. The van der Waals surface area contributed by atoms with Gasteiger partial charge in [-0.1, -0.05) is 12.1 Å². The van der Waals surface area contributed by atoms with Gasteiger partial charge in [0.15, 0.2) is 11.5 Å². The van der Waals surface area contributed by atoms with Crippen molar-refractivity contribution >= 4 is 23.1 Å². The van der Waals surface area contributed by atoms with Crippen LogP contribution in [-0.2, 0) is 15.7 Å². The van der Waals surface area contributed by atoms with Gasteiger partial charge >= 0.3 is 12.1 Å². The predicted octanol–water partition coefficient (Wildman–Crippen LogP) is 3.92. The average molecular weight is 382 g/mol. The van der Waals surface area contributed by atoms with Crippen LogP contribution in [0, 0.1) is 10.1 Å². The van der Waals surface area contributed by atoms with Crippen LogP contribution < -0.4 is 4.74 Å². The highest BCUT2D eigenvalue weighted by atomic mass is 19.4. The summed E-state index contributed by atoms with van der Waals surface area (Å²) in [7, 11) is 2.35. The number of benzene rings is 2. The minimum absolute atomic E-state index is 0.0116. The van der Waals surface area contributed by atoms with Crippen molar-refractivity contribution in [2.45, 2.75) is 6.18 Å². The van der Waals surface area contributed by atoms with E-state index in [1.165, 1.54) is 13.2 Å². The number of nitro groups is 1. The van der Waals surface area contributed by atoms with E-state index in [1.54, 1.807) is 0 Å². The van der Waals surface area contributed by atoms with Crippen LogP contribution in [0.3, 0.4) is 0 Å². The van der Waals surface area contributed by atoms with Crippen LogP contribution in [0.2, 0.25) is 0 Å². The quantitative estimate of drug-likeness (QED) is 0.338. The van der Waals surface area contributed by atoms with Gasteiger partial charge in [0.2, 0.25) is 0 Å². The summed E-state index contributed by atoms with van der Waals surface area (Å²) in [6, 6.07) is 7.29. The number of nitrogens with zero attached hydrogens (tertiary/aromatic N) is 2. The fraction of sp³-hybridized carbons (Fsp3) is 0.176. The lowest BCUT2D eigenvalue weighted by Gasteiger charge is -2.10. The monoisotopic (exact) mass is 382 g/mol. The van der Waals surface area contributed by atoms with E-state index in [9.17, 15) is 28.1 Å². The van der Waals surface area contributed by atoms with Crippen LogP contribution in [0.4, 0.5) is 24.5 Å². The Morgan fingerprint density at radius 2 is 1.74 bits per heavy atom. The van der Waals surface area contributed by atoms with Crippen LogP contribution in [0.15, 0.2) is 47.5 Å². The van der Waals surface area contributed by atoms with Crippen molar-refractivity contribution in [1.29, 1.82) is 0 Å². The van der Waals surface area contributed by atoms with Crippen LogP contribution in [-0.4, -0.2) is 30.8 Å². The number of halogens is 3. The van der Waals surface area contributed by atoms with Crippen molar-refractivity contribution in [2.75, 3.05) is 14.2 Å². The number of hydrogen-bond donors (Lipinski definition) is 0. The zero-order valence-electron chi connectivity index (χ0n) is 14.1. The molecular weight excluding hydrogens is 369 g/mol. The molecular formula is C17H13F3N2O5. The lowest BCUT2D eigenvalue weighted by Crippen LogP contribution is -2.17. The van der Waals surface area contributed by atoms with Crippen molar-refractivity contribution in [3.63, 3.8) is 0 Å². The van der Waals surface area contributed by atoms with Gasteiger partial charge in [-0.15, -0.1) is 0 Å². The largest absolute Gasteiger partial charge is 0.494 e. The highest BCUT2D eigenvalue weighted by molar-refractivity contribution is 6.43. The van der Waals surface area contributed by atoms with E-state index in [0.29, 0.717) is 0 Å². The number of alkyl halides is 3. The van der Waals surface area contributed by atoms with E-state index in [2.05, 4.69) is 9.73 Å². The molecule has 0 heterocycles. The first kappa shape index (κ1) is 19.9. The molecule has 142 valence electrons. The molecule has 7 nitrogen and oxygen atoms in total. The number of non-ortho nitro benzene ring substituents is 1. The molecule has 0 N–H and O–H groups in total. The Labute approximate surface area is 151 Å². The van der Waals surface area contributed by atoms with Crippen molar-refractivity contribution in [1.82, 2.24) is 0 Å². The standard InChI is InChI=1S/C17H13F3N2O5/c1-26-14-9-12(22(24)25)7-8-13(14)21-15(16(23)27-2)10-3-5-11(6-4-10)17(18,19)20/h3-9H,1-2H3. The van der Waals surface area contributed by atoms with Crippen molar-refractivity contribution in [3.8, 4) is 5.75 Å². The summed E-state index contributed by atoms with van der Waals surface area (Å²) in [5.74, 6) is -0.882. The third kappa shape index (κ3) is 4.60. The van der Waals surface area contributed by atoms with E-state index < -0.39 is 22.6 Å². The molecule has 0 spiro atoms. The smallest absolute Gasteiger partial charge is 0.416 e. The van der Waals surface area contributed by atoms with E-state index in [1.807, 2.05) is 0 Å². The molecule has 0 saturated carbocycles. The minimum atomic E-state index is -4.53. The minimum Gasteiger partial charge on any atom is -0.494 e. The van der Waals surface area contributed by atoms with E-state index in [4.69, 9.17) is 4.74 Å². The van der Waals surface area contributed by atoms with Gasteiger partial charge in [0, 0.05) is 11.6 Å². The zero-order chi connectivity index (χ0) is 20.2. The van der Waals surface area contributed by atoms with Crippen molar-refractivity contribution < 1.29 is 32.4 Å². The number of carbonyl (C=O) groups excluding carboxylic acids is 1. The van der Waals surface area contributed by atoms with E-state index in [-0.39, 0.29) is 28.4 Å². The maximum Gasteiger partial charge on any atom is 0.416 e. The Balaban J connectivity index is 2.54. The molecule has 0 bridgehead atoms. The van der Waals surface area contributed by atoms with Crippen molar-refractivity contribution in [3.05, 3.63) is 63.7 Å². The summed E-state index contributed by atoms with van der Waals surface area (Å²) in [5.41, 5.74) is -1.26. The lowest BCUT2D eigenvalue weighted by atomic mass is 10.1. The maximum atomic E-state index is 12.7. The zero-order valence-corrected chi connectivity index (χ0v) is 14.1. The van der Waals surface area contributed by atoms with Crippen molar-refractivity contribution in [2.24, 2.45) is 4.99 Å². The molecule has 2 rings (SSSR count). The SMILES string of the molecule is COC(=O)C(=Nc1ccc([N+](=O)[O-])cc1OC)c1ccc(C(F)(F)F)cc1. The third-order valence-electron chi connectivity index (χ3n) is 3.47. The molecule has 0 fully saturated rings. The van der Waals surface area contributed by atoms with Crippen LogP contribution in [0.25, 0.3) is 0 Å².